The quantitative estimate of drug-likeness (QED) is 0.836. The third kappa shape index (κ3) is 2.69. The smallest absolute Gasteiger partial charge is 0.120 e. The summed E-state index contributed by atoms with van der Waals surface area (Å²) in [7, 11) is 1.68. The molecule has 1 aromatic rings. The standard InChI is InChI=1S/C13H18N2OS/c1-16-10-5-6-11(13(14)17)12(9-10)15-7-3-2-4-8-15/h5-6,9H,2-4,7-8H2,1H3,(H2,14,17). The number of nitrogens with two attached hydrogens (primary N) is 1. The van der Waals surface area contributed by atoms with Gasteiger partial charge in [0.05, 0.1) is 12.8 Å². The van der Waals surface area contributed by atoms with E-state index in [1.54, 1.807) is 7.11 Å². The van der Waals surface area contributed by atoms with Crippen LogP contribution in [-0.4, -0.2) is 25.2 Å². The average Bonchev–Trinajstić information content (AvgIpc) is 2.39. The molecule has 1 fully saturated rings. The number of benzene rings is 1. The SMILES string of the molecule is COc1ccc(C(N)=S)c(N2CCCCC2)c1. The second kappa shape index (κ2) is 5.36. The Labute approximate surface area is 108 Å². The summed E-state index contributed by atoms with van der Waals surface area (Å²) in [5.41, 5.74) is 7.83. The van der Waals surface area contributed by atoms with Crippen molar-refractivity contribution in [2.24, 2.45) is 5.73 Å². The van der Waals surface area contributed by atoms with Crippen molar-refractivity contribution in [3.63, 3.8) is 0 Å². The van der Waals surface area contributed by atoms with Crippen LogP contribution in [-0.2, 0) is 0 Å². The Bertz CT molecular complexity index is 414. The Balaban J connectivity index is 2.36. The minimum Gasteiger partial charge on any atom is -0.497 e. The number of hydrogen-bond donors (Lipinski definition) is 1. The van der Waals surface area contributed by atoms with Gasteiger partial charge in [-0.1, -0.05) is 12.2 Å². The minimum atomic E-state index is 0.452. The molecule has 17 heavy (non-hydrogen) atoms. The Kier molecular flexibility index (Phi) is 3.84. The lowest BCUT2D eigenvalue weighted by Crippen LogP contribution is -2.31. The van der Waals surface area contributed by atoms with E-state index in [2.05, 4.69) is 4.90 Å². The van der Waals surface area contributed by atoms with Crippen LogP contribution in [0.4, 0.5) is 5.69 Å². The van der Waals surface area contributed by atoms with Crippen molar-refractivity contribution in [2.45, 2.75) is 19.3 Å². The van der Waals surface area contributed by atoms with Gasteiger partial charge in [0.15, 0.2) is 0 Å². The molecule has 0 bridgehead atoms. The predicted molar refractivity (Wildman–Crippen MR) is 74.9 cm³/mol. The van der Waals surface area contributed by atoms with Crippen molar-refractivity contribution in [3.05, 3.63) is 23.8 Å². The first-order valence-corrected chi connectivity index (χ1v) is 6.36. The Hall–Kier alpha value is -1.29. The summed E-state index contributed by atoms with van der Waals surface area (Å²) in [4.78, 5) is 2.80. The zero-order chi connectivity index (χ0) is 12.3. The summed E-state index contributed by atoms with van der Waals surface area (Å²) in [6, 6.07) is 5.88. The number of hydrogen-bond acceptors (Lipinski definition) is 3. The minimum absolute atomic E-state index is 0.452. The molecule has 1 saturated heterocycles. The van der Waals surface area contributed by atoms with E-state index in [0.29, 0.717) is 4.99 Å². The lowest BCUT2D eigenvalue weighted by atomic mass is 10.1. The molecule has 1 aliphatic heterocycles. The van der Waals surface area contributed by atoms with Crippen molar-refractivity contribution in [3.8, 4) is 5.75 Å². The Morgan fingerprint density at radius 3 is 2.59 bits per heavy atom. The number of rotatable bonds is 3. The summed E-state index contributed by atoms with van der Waals surface area (Å²) in [6.45, 7) is 2.14. The van der Waals surface area contributed by atoms with Crippen LogP contribution in [0.1, 0.15) is 24.8 Å². The summed E-state index contributed by atoms with van der Waals surface area (Å²) in [5, 5.41) is 0. The molecule has 2 N–H and O–H groups in total. The van der Waals surface area contributed by atoms with Gasteiger partial charge in [-0.15, -0.1) is 0 Å². The summed E-state index contributed by atoms with van der Waals surface area (Å²) >= 11 is 5.11. The zero-order valence-electron chi connectivity index (χ0n) is 10.1. The van der Waals surface area contributed by atoms with Crippen LogP contribution in [0.25, 0.3) is 0 Å². The summed E-state index contributed by atoms with van der Waals surface area (Å²) in [6.07, 6.45) is 3.77. The molecular weight excluding hydrogens is 232 g/mol. The lowest BCUT2D eigenvalue weighted by molar-refractivity contribution is 0.414. The molecule has 0 aromatic heterocycles. The number of thiocarbonyl (C=S) groups is 1. The first kappa shape index (κ1) is 12.2. The van der Waals surface area contributed by atoms with Gasteiger partial charge in [0.2, 0.25) is 0 Å². The van der Waals surface area contributed by atoms with E-state index in [0.717, 1.165) is 30.1 Å². The van der Waals surface area contributed by atoms with Gasteiger partial charge in [0.25, 0.3) is 0 Å². The molecule has 1 heterocycles. The number of piperidine rings is 1. The van der Waals surface area contributed by atoms with E-state index >= 15 is 0 Å². The van der Waals surface area contributed by atoms with Crippen LogP contribution in [0.5, 0.6) is 5.75 Å². The predicted octanol–water partition coefficient (Wildman–Crippen LogP) is 2.32. The van der Waals surface area contributed by atoms with E-state index in [1.807, 2.05) is 18.2 Å². The van der Waals surface area contributed by atoms with E-state index in [1.165, 1.54) is 19.3 Å². The summed E-state index contributed by atoms with van der Waals surface area (Å²) in [5.74, 6) is 0.852. The monoisotopic (exact) mass is 250 g/mol. The van der Waals surface area contributed by atoms with Crippen LogP contribution in [0.3, 0.4) is 0 Å². The second-order valence-corrected chi connectivity index (χ2v) is 4.73. The highest BCUT2D eigenvalue weighted by Crippen LogP contribution is 2.28. The maximum Gasteiger partial charge on any atom is 0.120 e. The lowest BCUT2D eigenvalue weighted by Gasteiger charge is -2.30. The largest absolute Gasteiger partial charge is 0.497 e. The maximum atomic E-state index is 5.78. The highest BCUT2D eigenvalue weighted by atomic mass is 32.1. The molecule has 0 aliphatic carbocycles. The molecule has 2 rings (SSSR count). The Morgan fingerprint density at radius 2 is 2.00 bits per heavy atom. The highest BCUT2D eigenvalue weighted by molar-refractivity contribution is 7.80. The van der Waals surface area contributed by atoms with Crippen molar-refractivity contribution in [1.29, 1.82) is 0 Å². The van der Waals surface area contributed by atoms with Gasteiger partial charge >= 0.3 is 0 Å². The average molecular weight is 250 g/mol. The van der Waals surface area contributed by atoms with Crippen LogP contribution in [0.2, 0.25) is 0 Å². The highest BCUT2D eigenvalue weighted by Gasteiger charge is 2.16. The molecular formula is C13H18N2OS. The van der Waals surface area contributed by atoms with Crippen LogP contribution in [0, 0.1) is 0 Å². The van der Waals surface area contributed by atoms with Crippen molar-refractivity contribution < 1.29 is 4.74 Å². The van der Waals surface area contributed by atoms with Gasteiger partial charge in [-0.3, -0.25) is 0 Å². The third-order valence-electron chi connectivity index (χ3n) is 3.17. The van der Waals surface area contributed by atoms with Crippen LogP contribution in [0.15, 0.2) is 18.2 Å². The zero-order valence-corrected chi connectivity index (χ0v) is 10.9. The molecule has 0 spiro atoms. The number of anilines is 1. The molecule has 0 atom stereocenters. The number of ether oxygens (including phenoxy) is 1. The van der Waals surface area contributed by atoms with Gasteiger partial charge in [-0.25, -0.2) is 0 Å². The summed E-state index contributed by atoms with van der Waals surface area (Å²) < 4.78 is 5.27. The van der Waals surface area contributed by atoms with Crippen LogP contribution < -0.4 is 15.4 Å². The van der Waals surface area contributed by atoms with Gasteiger partial charge < -0.3 is 15.4 Å². The fourth-order valence-electron chi connectivity index (χ4n) is 2.24. The van der Waals surface area contributed by atoms with E-state index in [4.69, 9.17) is 22.7 Å². The molecule has 0 radical (unpaired) electrons. The second-order valence-electron chi connectivity index (χ2n) is 4.30. The molecule has 1 aliphatic rings. The molecule has 3 nitrogen and oxygen atoms in total. The fourth-order valence-corrected chi connectivity index (χ4v) is 2.42. The van der Waals surface area contributed by atoms with Gasteiger partial charge in [0.1, 0.15) is 10.7 Å². The molecule has 0 saturated carbocycles. The van der Waals surface area contributed by atoms with Crippen LogP contribution >= 0.6 is 12.2 Å². The van der Waals surface area contributed by atoms with E-state index in [-0.39, 0.29) is 0 Å². The molecule has 4 heteroatoms. The normalized spacial score (nSPS) is 15.7. The first-order chi connectivity index (χ1) is 8.22. The Morgan fingerprint density at radius 1 is 1.29 bits per heavy atom. The van der Waals surface area contributed by atoms with Gasteiger partial charge in [-0.2, -0.15) is 0 Å². The molecule has 1 aromatic carbocycles. The van der Waals surface area contributed by atoms with E-state index in [9.17, 15) is 0 Å². The molecule has 92 valence electrons. The third-order valence-corrected chi connectivity index (χ3v) is 3.39. The topological polar surface area (TPSA) is 38.5 Å². The van der Waals surface area contributed by atoms with Crippen molar-refractivity contribution in [1.82, 2.24) is 0 Å². The molecule has 0 amide bonds. The van der Waals surface area contributed by atoms with Gasteiger partial charge in [-0.05, 0) is 31.4 Å². The van der Waals surface area contributed by atoms with Gasteiger partial charge in [0, 0.05) is 24.7 Å². The molecule has 0 unspecified atom stereocenters. The van der Waals surface area contributed by atoms with Crippen molar-refractivity contribution in [2.75, 3.05) is 25.1 Å². The number of methoxy groups -OCH3 is 1. The number of nitrogens with zero attached hydrogens (tertiary/aromatic N) is 1. The van der Waals surface area contributed by atoms with Crippen molar-refractivity contribution >= 4 is 22.9 Å². The maximum absolute atomic E-state index is 5.78. The first-order valence-electron chi connectivity index (χ1n) is 5.95. The fraction of sp³-hybridized carbons (Fsp3) is 0.462. The van der Waals surface area contributed by atoms with E-state index < -0.39 is 0 Å².